The molecule has 0 heterocycles. The minimum atomic E-state index is -4.76. The first-order chi connectivity index (χ1) is 19.4. The molecule has 7 nitrogen and oxygen atoms in total. The number of amides is 2. The zero-order valence-electron chi connectivity index (χ0n) is 23.2. The molecular formula is C29H30Cl2F3N3O4S. The molecule has 0 aliphatic rings. The van der Waals surface area contributed by atoms with Gasteiger partial charge in [0.2, 0.25) is 11.8 Å². The lowest BCUT2D eigenvalue weighted by Gasteiger charge is -2.33. The summed E-state index contributed by atoms with van der Waals surface area (Å²) in [5.41, 5.74) is -1.62. The average Bonchev–Trinajstić information content (AvgIpc) is 2.90. The highest BCUT2D eigenvalue weighted by atomic mass is 35.5. The Kier molecular flexibility index (Phi) is 10.2. The van der Waals surface area contributed by atoms with Crippen LogP contribution in [-0.4, -0.2) is 43.3 Å². The second-order valence-corrected chi connectivity index (χ2v) is 13.2. The molecule has 0 fully saturated rings. The lowest BCUT2D eigenvalue weighted by Crippen LogP contribution is -2.54. The number of sulfonamides is 1. The molecule has 3 rings (SSSR count). The van der Waals surface area contributed by atoms with Gasteiger partial charge in [0.05, 0.1) is 26.2 Å². The number of hydrogen-bond donors (Lipinski definition) is 1. The first-order valence-corrected chi connectivity index (χ1v) is 14.9. The maximum atomic E-state index is 13.9. The third-order valence-corrected chi connectivity index (χ3v) is 8.60. The summed E-state index contributed by atoms with van der Waals surface area (Å²) >= 11 is 12.2. The van der Waals surface area contributed by atoms with E-state index in [1.807, 2.05) is 0 Å². The van der Waals surface area contributed by atoms with Crippen LogP contribution in [0.2, 0.25) is 10.0 Å². The van der Waals surface area contributed by atoms with Crippen LogP contribution < -0.4 is 9.62 Å². The standard InChI is InChI=1S/C29H30Cl2F3N3O4S/c1-19(27(39)35-28(2,3)4)36(17-20-13-14-24(30)25(31)15-20)26(38)18-37(42(40,41)23-11-6-5-7-12-23)22-10-8-9-21(16-22)29(32,33)34/h5-16,19H,17-18H2,1-4H3,(H,35,39)/t19-/m1/s1. The van der Waals surface area contributed by atoms with Crippen LogP contribution >= 0.6 is 23.2 Å². The maximum Gasteiger partial charge on any atom is 0.416 e. The lowest BCUT2D eigenvalue weighted by molar-refractivity contribution is -0.140. The van der Waals surface area contributed by atoms with Crippen LogP contribution in [0.3, 0.4) is 0 Å². The second kappa shape index (κ2) is 12.9. The Morgan fingerprint density at radius 1 is 0.905 bits per heavy atom. The molecule has 0 aromatic heterocycles. The number of hydrogen-bond acceptors (Lipinski definition) is 4. The molecule has 0 saturated heterocycles. The molecular weight excluding hydrogens is 614 g/mol. The van der Waals surface area contributed by atoms with Crippen molar-refractivity contribution in [2.45, 2.75) is 56.9 Å². The monoisotopic (exact) mass is 643 g/mol. The predicted molar refractivity (Wildman–Crippen MR) is 157 cm³/mol. The number of carbonyl (C=O) groups excluding carboxylic acids is 2. The van der Waals surface area contributed by atoms with E-state index in [1.54, 1.807) is 32.9 Å². The van der Waals surface area contributed by atoms with Gasteiger partial charge in [0.25, 0.3) is 10.0 Å². The van der Waals surface area contributed by atoms with Gasteiger partial charge < -0.3 is 10.2 Å². The van der Waals surface area contributed by atoms with Crippen molar-refractivity contribution in [2.75, 3.05) is 10.8 Å². The van der Waals surface area contributed by atoms with Gasteiger partial charge in [-0.15, -0.1) is 0 Å². The Hall–Kier alpha value is -3.28. The molecule has 3 aromatic rings. The summed E-state index contributed by atoms with van der Waals surface area (Å²) < 4.78 is 68.8. The van der Waals surface area contributed by atoms with Crippen molar-refractivity contribution in [1.82, 2.24) is 10.2 Å². The van der Waals surface area contributed by atoms with Gasteiger partial charge in [-0.25, -0.2) is 8.42 Å². The quantitative estimate of drug-likeness (QED) is 0.287. The van der Waals surface area contributed by atoms with Crippen LogP contribution in [0, 0.1) is 0 Å². The highest BCUT2D eigenvalue weighted by molar-refractivity contribution is 7.92. The van der Waals surface area contributed by atoms with Crippen molar-refractivity contribution < 1.29 is 31.2 Å². The van der Waals surface area contributed by atoms with Crippen molar-refractivity contribution in [2.24, 2.45) is 0 Å². The highest BCUT2D eigenvalue weighted by Crippen LogP contribution is 2.33. The Morgan fingerprint density at radius 3 is 2.12 bits per heavy atom. The molecule has 13 heteroatoms. The van der Waals surface area contributed by atoms with E-state index in [0.29, 0.717) is 15.9 Å². The second-order valence-electron chi connectivity index (χ2n) is 10.6. The summed E-state index contributed by atoms with van der Waals surface area (Å²) in [5.74, 6) is -1.36. The summed E-state index contributed by atoms with van der Waals surface area (Å²) in [5, 5.41) is 3.25. The number of alkyl halides is 3. The zero-order valence-corrected chi connectivity index (χ0v) is 25.6. The average molecular weight is 645 g/mol. The van der Waals surface area contributed by atoms with Crippen LogP contribution in [0.4, 0.5) is 18.9 Å². The lowest BCUT2D eigenvalue weighted by atomic mass is 10.1. The van der Waals surface area contributed by atoms with Crippen molar-refractivity contribution in [3.63, 3.8) is 0 Å². The Bertz CT molecular complexity index is 1550. The third kappa shape index (κ3) is 8.39. The SMILES string of the molecule is C[C@H](C(=O)NC(C)(C)C)N(Cc1ccc(Cl)c(Cl)c1)C(=O)CN(c1cccc(C(F)(F)F)c1)S(=O)(=O)c1ccccc1. The molecule has 42 heavy (non-hydrogen) atoms. The molecule has 0 aliphatic carbocycles. The fraction of sp³-hybridized carbons (Fsp3) is 0.310. The largest absolute Gasteiger partial charge is 0.416 e. The molecule has 0 saturated carbocycles. The van der Waals surface area contributed by atoms with E-state index in [1.165, 1.54) is 49.4 Å². The van der Waals surface area contributed by atoms with Crippen molar-refractivity contribution >= 4 is 50.7 Å². The summed E-state index contributed by atoms with van der Waals surface area (Å²) in [7, 11) is -4.53. The molecule has 0 radical (unpaired) electrons. The fourth-order valence-electron chi connectivity index (χ4n) is 3.98. The molecule has 2 amide bonds. The van der Waals surface area contributed by atoms with Crippen molar-refractivity contribution in [3.8, 4) is 0 Å². The van der Waals surface area contributed by atoms with Gasteiger partial charge in [-0.2, -0.15) is 13.2 Å². The summed E-state index contributed by atoms with van der Waals surface area (Å²) in [6, 6.07) is 14.2. The van der Waals surface area contributed by atoms with E-state index in [-0.39, 0.29) is 27.2 Å². The van der Waals surface area contributed by atoms with Gasteiger partial charge in [0.15, 0.2) is 0 Å². The van der Waals surface area contributed by atoms with E-state index < -0.39 is 51.7 Å². The molecule has 0 aliphatic heterocycles. The molecule has 0 unspecified atom stereocenters. The topological polar surface area (TPSA) is 86.8 Å². The van der Waals surface area contributed by atoms with E-state index in [2.05, 4.69) is 5.32 Å². The van der Waals surface area contributed by atoms with E-state index >= 15 is 0 Å². The Balaban J connectivity index is 2.10. The van der Waals surface area contributed by atoms with Gasteiger partial charge in [-0.1, -0.05) is 53.5 Å². The number of carbonyl (C=O) groups is 2. The van der Waals surface area contributed by atoms with Gasteiger partial charge in [-0.3, -0.25) is 13.9 Å². The molecule has 1 atom stereocenters. The number of nitrogens with zero attached hydrogens (tertiary/aromatic N) is 2. The third-order valence-electron chi connectivity index (χ3n) is 6.07. The molecule has 3 aromatic carbocycles. The first kappa shape index (κ1) is 33.2. The minimum absolute atomic E-state index is 0.170. The maximum absolute atomic E-state index is 13.9. The summed E-state index contributed by atoms with van der Waals surface area (Å²) in [6.45, 7) is 5.67. The van der Waals surface area contributed by atoms with E-state index in [4.69, 9.17) is 23.2 Å². The zero-order chi connectivity index (χ0) is 31.5. The fourth-order valence-corrected chi connectivity index (χ4v) is 5.72. The Morgan fingerprint density at radius 2 is 1.55 bits per heavy atom. The number of anilines is 1. The van der Waals surface area contributed by atoms with Gasteiger partial charge in [0, 0.05) is 12.1 Å². The number of benzene rings is 3. The molecule has 226 valence electrons. The van der Waals surface area contributed by atoms with Crippen LogP contribution in [0.1, 0.15) is 38.8 Å². The number of nitrogens with one attached hydrogen (secondary N) is 1. The number of rotatable bonds is 9. The van der Waals surface area contributed by atoms with E-state index in [0.717, 1.165) is 17.0 Å². The molecule has 1 N–H and O–H groups in total. The van der Waals surface area contributed by atoms with Crippen LogP contribution in [0.25, 0.3) is 0 Å². The summed E-state index contributed by atoms with van der Waals surface area (Å²) in [4.78, 5) is 28.0. The van der Waals surface area contributed by atoms with Crippen LogP contribution in [0.15, 0.2) is 77.7 Å². The molecule has 0 bridgehead atoms. The first-order valence-electron chi connectivity index (χ1n) is 12.7. The van der Waals surface area contributed by atoms with Gasteiger partial charge in [0.1, 0.15) is 12.6 Å². The smallest absolute Gasteiger partial charge is 0.350 e. The number of halogens is 5. The minimum Gasteiger partial charge on any atom is -0.350 e. The van der Waals surface area contributed by atoms with Crippen molar-refractivity contribution in [3.05, 3.63) is 94.0 Å². The normalized spacial score (nSPS) is 12.9. The van der Waals surface area contributed by atoms with Crippen LogP contribution in [-0.2, 0) is 32.3 Å². The van der Waals surface area contributed by atoms with Gasteiger partial charge >= 0.3 is 6.18 Å². The summed E-state index contributed by atoms with van der Waals surface area (Å²) in [6.07, 6.45) is -4.76. The van der Waals surface area contributed by atoms with Crippen molar-refractivity contribution in [1.29, 1.82) is 0 Å². The van der Waals surface area contributed by atoms with Crippen LogP contribution in [0.5, 0.6) is 0 Å². The predicted octanol–water partition coefficient (Wildman–Crippen LogP) is 6.54. The molecule has 0 spiro atoms. The highest BCUT2D eigenvalue weighted by Gasteiger charge is 2.35. The van der Waals surface area contributed by atoms with E-state index in [9.17, 15) is 31.2 Å². The van der Waals surface area contributed by atoms with Gasteiger partial charge in [-0.05, 0) is 75.7 Å². The Labute approximate surface area is 253 Å².